The van der Waals surface area contributed by atoms with E-state index in [1.165, 1.54) is 35.2 Å². The Morgan fingerprint density at radius 3 is 2.71 bits per heavy atom. The molecule has 1 aliphatic heterocycles. The molecule has 0 radical (unpaired) electrons. The van der Waals surface area contributed by atoms with Crippen LogP contribution < -0.4 is 10.6 Å². The van der Waals surface area contributed by atoms with E-state index in [0.717, 1.165) is 0 Å². The van der Waals surface area contributed by atoms with Crippen LogP contribution in [-0.2, 0) is 0 Å². The molecule has 0 amide bonds. The second-order valence-corrected chi connectivity index (χ2v) is 5.99. The van der Waals surface area contributed by atoms with Crippen LogP contribution in [0.1, 0.15) is 6.42 Å². The number of nitrogen functional groups attached to an aromatic ring is 1. The van der Waals surface area contributed by atoms with E-state index in [-0.39, 0.29) is 40.6 Å². The summed E-state index contributed by atoms with van der Waals surface area (Å²) in [5, 5.41) is 11.5. The van der Waals surface area contributed by atoms with E-state index >= 15 is 0 Å². The number of nitro benzene ring substituents is 1. The quantitative estimate of drug-likeness (QED) is 0.670. The molecule has 0 aliphatic carbocycles. The minimum absolute atomic E-state index is 0.150. The molecule has 1 saturated heterocycles. The Bertz CT molecular complexity index is 816. The van der Waals surface area contributed by atoms with Crippen LogP contribution >= 0.6 is 11.6 Å². The molecular formula is C15H13ClF2N4O2. The van der Waals surface area contributed by atoms with Crippen molar-refractivity contribution in [3.05, 3.63) is 45.5 Å². The Morgan fingerprint density at radius 1 is 1.33 bits per heavy atom. The molecule has 0 bridgehead atoms. The molecule has 0 unspecified atom stereocenters. The van der Waals surface area contributed by atoms with Gasteiger partial charge in [0.05, 0.1) is 22.7 Å². The van der Waals surface area contributed by atoms with Crippen LogP contribution in [0.3, 0.4) is 0 Å². The van der Waals surface area contributed by atoms with Crippen molar-refractivity contribution < 1.29 is 13.7 Å². The van der Waals surface area contributed by atoms with Crippen molar-refractivity contribution in [2.24, 2.45) is 0 Å². The fraction of sp³-hybridized carbons (Fsp3) is 0.267. The molecular weight excluding hydrogens is 342 g/mol. The molecule has 0 atom stereocenters. The maximum Gasteiger partial charge on any atom is 0.278 e. The minimum atomic E-state index is -2.77. The van der Waals surface area contributed by atoms with Gasteiger partial charge in [0.2, 0.25) is 0 Å². The monoisotopic (exact) mass is 354 g/mol. The summed E-state index contributed by atoms with van der Waals surface area (Å²) in [5.74, 6) is -2.48. The van der Waals surface area contributed by atoms with Crippen LogP contribution in [0.4, 0.5) is 26.0 Å². The molecule has 1 aromatic carbocycles. The van der Waals surface area contributed by atoms with Gasteiger partial charge < -0.3 is 10.6 Å². The molecule has 9 heteroatoms. The van der Waals surface area contributed by atoms with E-state index < -0.39 is 17.4 Å². The lowest BCUT2D eigenvalue weighted by molar-refractivity contribution is -0.384. The molecule has 126 valence electrons. The van der Waals surface area contributed by atoms with Gasteiger partial charge in [0, 0.05) is 24.1 Å². The van der Waals surface area contributed by atoms with Crippen LogP contribution in [0.25, 0.3) is 11.3 Å². The van der Waals surface area contributed by atoms with E-state index in [1.54, 1.807) is 0 Å². The highest BCUT2D eigenvalue weighted by Crippen LogP contribution is 2.37. The first-order chi connectivity index (χ1) is 11.3. The number of nitrogens with zero attached hydrogens (tertiary/aromatic N) is 3. The third kappa shape index (κ3) is 3.09. The summed E-state index contributed by atoms with van der Waals surface area (Å²) < 4.78 is 26.8. The number of benzene rings is 1. The van der Waals surface area contributed by atoms with Gasteiger partial charge in [0.1, 0.15) is 11.5 Å². The van der Waals surface area contributed by atoms with Gasteiger partial charge in [0.25, 0.3) is 11.6 Å². The van der Waals surface area contributed by atoms with Crippen molar-refractivity contribution >= 4 is 28.8 Å². The first-order valence-electron chi connectivity index (χ1n) is 7.10. The lowest BCUT2D eigenvalue weighted by Gasteiger charge is -2.18. The first-order valence-corrected chi connectivity index (χ1v) is 7.48. The van der Waals surface area contributed by atoms with Crippen molar-refractivity contribution in [2.75, 3.05) is 23.7 Å². The topological polar surface area (TPSA) is 85.3 Å². The maximum absolute atomic E-state index is 13.4. The van der Waals surface area contributed by atoms with Crippen molar-refractivity contribution in [3.8, 4) is 11.3 Å². The number of alkyl halides is 2. The Morgan fingerprint density at radius 2 is 2.08 bits per heavy atom. The fourth-order valence-corrected chi connectivity index (χ4v) is 2.81. The standard InChI is InChI=1S/C15H13ClF2N4O2/c16-9-1-3-12(22(23)24)10(7-9)14-11(19)2-4-13(20-14)21-6-5-15(17,18)8-21/h1-4,7H,5-6,8,19H2. The molecule has 2 N–H and O–H groups in total. The maximum atomic E-state index is 13.4. The van der Waals surface area contributed by atoms with Crippen molar-refractivity contribution in [2.45, 2.75) is 12.3 Å². The van der Waals surface area contributed by atoms with Gasteiger partial charge in [-0.05, 0) is 24.3 Å². The van der Waals surface area contributed by atoms with Gasteiger partial charge in [-0.15, -0.1) is 0 Å². The van der Waals surface area contributed by atoms with E-state index in [9.17, 15) is 18.9 Å². The van der Waals surface area contributed by atoms with E-state index in [4.69, 9.17) is 17.3 Å². The number of aromatic nitrogens is 1. The summed E-state index contributed by atoms with van der Waals surface area (Å²) in [4.78, 5) is 16.4. The minimum Gasteiger partial charge on any atom is -0.397 e. The number of hydrogen-bond acceptors (Lipinski definition) is 5. The van der Waals surface area contributed by atoms with Gasteiger partial charge in [0.15, 0.2) is 0 Å². The smallest absolute Gasteiger partial charge is 0.278 e. The highest BCUT2D eigenvalue weighted by Gasteiger charge is 2.39. The summed E-state index contributed by atoms with van der Waals surface area (Å²) in [7, 11) is 0. The Balaban J connectivity index is 2.08. The normalized spacial score (nSPS) is 16.4. The summed E-state index contributed by atoms with van der Waals surface area (Å²) >= 11 is 5.93. The van der Waals surface area contributed by atoms with E-state index in [0.29, 0.717) is 5.82 Å². The summed E-state index contributed by atoms with van der Waals surface area (Å²) in [6.07, 6.45) is -0.258. The zero-order valence-electron chi connectivity index (χ0n) is 12.4. The third-order valence-electron chi connectivity index (χ3n) is 3.82. The zero-order chi connectivity index (χ0) is 17.5. The average Bonchev–Trinajstić information content (AvgIpc) is 2.87. The van der Waals surface area contributed by atoms with E-state index in [1.807, 2.05) is 0 Å². The molecule has 2 heterocycles. The zero-order valence-corrected chi connectivity index (χ0v) is 13.1. The van der Waals surface area contributed by atoms with Gasteiger partial charge in [-0.2, -0.15) is 0 Å². The van der Waals surface area contributed by atoms with Crippen LogP contribution in [0, 0.1) is 10.1 Å². The summed E-state index contributed by atoms with van der Waals surface area (Å²) in [6.45, 7) is -0.290. The highest BCUT2D eigenvalue weighted by atomic mass is 35.5. The molecule has 6 nitrogen and oxygen atoms in total. The molecule has 3 rings (SSSR count). The number of anilines is 2. The van der Waals surface area contributed by atoms with Crippen molar-refractivity contribution in [3.63, 3.8) is 0 Å². The average molecular weight is 355 g/mol. The number of pyridine rings is 1. The second-order valence-electron chi connectivity index (χ2n) is 5.55. The van der Waals surface area contributed by atoms with Gasteiger partial charge >= 0.3 is 0 Å². The van der Waals surface area contributed by atoms with Gasteiger partial charge in [-0.3, -0.25) is 10.1 Å². The van der Waals surface area contributed by atoms with Crippen LogP contribution in [0.5, 0.6) is 0 Å². The predicted octanol–water partition coefficient (Wildman–Crippen LogP) is 3.74. The molecule has 0 saturated carbocycles. The predicted molar refractivity (Wildman–Crippen MR) is 87.5 cm³/mol. The van der Waals surface area contributed by atoms with Crippen LogP contribution in [0.2, 0.25) is 5.02 Å². The lowest BCUT2D eigenvalue weighted by Crippen LogP contribution is -2.25. The molecule has 0 spiro atoms. The number of nitro groups is 1. The molecule has 1 aromatic heterocycles. The molecule has 24 heavy (non-hydrogen) atoms. The number of hydrogen-bond donors (Lipinski definition) is 1. The largest absolute Gasteiger partial charge is 0.397 e. The number of nitrogens with two attached hydrogens (primary N) is 1. The third-order valence-corrected chi connectivity index (χ3v) is 4.05. The number of rotatable bonds is 3. The van der Waals surface area contributed by atoms with Crippen LogP contribution in [0.15, 0.2) is 30.3 Å². The molecule has 1 fully saturated rings. The van der Waals surface area contributed by atoms with Crippen molar-refractivity contribution in [1.29, 1.82) is 0 Å². The van der Waals surface area contributed by atoms with Crippen LogP contribution in [-0.4, -0.2) is 28.9 Å². The van der Waals surface area contributed by atoms with E-state index in [2.05, 4.69) is 4.98 Å². The SMILES string of the molecule is Nc1ccc(N2CCC(F)(F)C2)nc1-c1cc(Cl)ccc1[N+](=O)[O-]. The molecule has 1 aliphatic rings. The highest BCUT2D eigenvalue weighted by molar-refractivity contribution is 6.31. The summed E-state index contributed by atoms with van der Waals surface area (Å²) in [5.41, 5.74) is 6.20. The Kier molecular flexibility index (Phi) is 4.00. The number of halogens is 3. The van der Waals surface area contributed by atoms with Gasteiger partial charge in [-0.1, -0.05) is 11.6 Å². The Labute approximate surface area is 141 Å². The second kappa shape index (κ2) is 5.86. The first kappa shape index (κ1) is 16.4. The Hall–Kier alpha value is -2.48. The molecule has 2 aromatic rings. The lowest BCUT2D eigenvalue weighted by atomic mass is 10.1. The van der Waals surface area contributed by atoms with Gasteiger partial charge in [-0.25, -0.2) is 13.8 Å². The summed E-state index contributed by atoms with van der Waals surface area (Å²) in [6, 6.07) is 7.07. The van der Waals surface area contributed by atoms with Crippen molar-refractivity contribution in [1.82, 2.24) is 4.98 Å². The fourth-order valence-electron chi connectivity index (χ4n) is 2.64.